The third-order valence-corrected chi connectivity index (χ3v) is 12.2. The van der Waals surface area contributed by atoms with E-state index in [0.717, 1.165) is 41.4 Å². The second-order valence-corrected chi connectivity index (χ2v) is 13.5. The number of rotatable bonds is 5. The summed E-state index contributed by atoms with van der Waals surface area (Å²) in [5.41, 5.74) is 1.84. The zero-order chi connectivity index (χ0) is 21.0. The molecule has 168 valence electrons. The van der Waals surface area contributed by atoms with Gasteiger partial charge in [-0.3, -0.25) is 0 Å². The molecule has 4 saturated carbocycles. The van der Waals surface area contributed by atoms with E-state index >= 15 is 0 Å². The SMILES string of the molecule is CCCCCC(C)C1CCC2[C@@H]3CCC4C(C)(C)C(C)CCC4(C)C3CCC12C. The molecule has 8 unspecified atom stereocenters. The molecule has 0 heteroatoms. The summed E-state index contributed by atoms with van der Waals surface area (Å²) < 4.78 is 0. The summed E-state index contributed by atoms with van der Waals surface area (Å²) in [5.74, 6) is 6.96. The smallest absolute Gasteiger partial charge is 0.0261 e. The molecule has 0 nitrogen and oxygen atoms in total. The summed E-state index contributed by atoms with van der Waals surface area (Å²) in [6, 6.07) is 0. The lowest BCUT2D eigenvalue weighted by molar-refractivity contribution is -0.161. The Kier molecular flexibility index (Phi) is 6.01. The van der Waals surface area contributed by atoms with E-state index in [1.807, 2.05) is 0 Å². The van der Waals surface area contributed by atoms with Gasteiger partial charge < -0.3 is 0 Å². The first-order valence-corrected chi connectivity index (χ1v) is 13.7. The normalized spacial score (nSPS) is 49.8. The molecule has 0 aromatic carbocycles. The molecule has 29 heavy (non-hydrogen) atoms. The zero-order valence-electron chi connectivity index (χ0n) is 21.0. The first-order chi connectivity index (χ1) is 13.7. The quantitative estimate of drug-likeness (QED) is 0.403. The summed E-state index contributed by atoms with van der Waals surface area (Å²) in [4.78, 5) is 0. The molecule has 0 aliphatic heterocycles. The molecular weight excluding hydrogens is 348 g/mol. The summed E-state index contributed by atoms with van der Waals surface area (Å²) >= 11 is 0. The molecule has 0 heterocycles. The second kappa shape index (κ2) is 7.85. The molecule has 0 saturated heterocycles. The van der Waals surface area contributed by atoms with E-state index in [4.69, 9.17) is 0 Å². The topological polar surface area (TPSA) is 0 Å². The van der Waals surface area contributed by atoms with Gasteiger partial charge >= 0.3 is 0 Å². The Bertz CT molecular complexity index is 575. The fourth-order valence-electron chi connectivity index (χ4n) is 10.2. The Balaban J connectivity index is 1.53. The van der Waals surface area contributed by atoms with Gasteiger partial charge in [0.05, 0.1) is 0 Å². The van der Waals surface area contributed by atoms with Crippen molar-refractivity contribution in [2.45, 2.75) is 126 Å². The molecule has 0 amide bonds. The lowest BCUT2D eigenvalue weighted by atomic mass is 9.40. The minimum absolute atomic E-state index is 0.546. The van der Waals surface area contributed by atoms with Crippen LogP contribution in [0.15, 0.2) is 0 Å². The monoisotopic (exact) mass is 400 g/mol. The van der Waals surface area contributed by atoms with Crippen molar-refractivity contribution < 1.29 is 0 Å². The summed E-state index contributed by atoms with van der Waals surface area (Å²) in [6.07, 6.45) is 18.0. The molecule has 0 aromatic heterocycles. The molecule has 9 atom stereocenters. The average molecular weight is 401 g/mol. The largest absolute Gasteiger partial charge is 0.0654 e. The van der Waals surface area contributed by atoms with Crippen molar-refractivity contribution in [3.05, 3.63) is 0 Å². The maximum absolute atomic E-state index is 2.75. The van der Waals surface area contributed by atoms with Crippen molar-refractivity contribution in [2.24, 2.45) is 57.7 Å². The van der Waals surface area contributed by atoms with E-state index in [0.29, 0.717) is 16.2 Å². The standard InChI is InChI=1S/C29H52/c1-8-9-10-11-20(2)23-13-14-24-22-12-15-26-27(4,5)21(3)16-18-29(26,7)25(22)17-19-28(23,24)6/h20-26H,8-19H2,1-7H3/t20?,21?,22-,23?,24?,25?,26?,28?,29?/m0/s1. The van der Waals surface area contributed by atoms with E-state index < -0.39 is 0 Å². The fourth-order valence-corrected chi connectivity index (χ4v) is 10.2. The molecular formula is C29H52. The van der Waals surface area contributed by atoms with Crippen LogP contribution in [0.5, 0.6) is 0 Å². The van der Waals surface area contributed by atoms with Crippen LogP contribution in [-0.2, 0) is 0 Å². The van der Waals surface area contributed by atoms with E-state index in [-0.39, 0.29) is 0 Å². The minimum Gasteiger partial charge on any atom is -0.0654 e. The Labute approximate surface area is 183 Å². The Morgan fingerprint density at radius 3 is 2.21 bits per heavy atom. The Hall–Kier alpha value is 0. The highest BCUT2D eigenvalue weighted by Crippen LogP contribution is 2.70. The van der Waals surface area contributed by atoms with Crippen LogP contribution in [0.3, 0.4) is 0 Å². The molecule has 4 rings (SSSR count). The van der Waals surface area contributed by atoms with Crippen molar-refractivity contribution in [3.63, 3.8) is 0 Å². The maximum atomic E-state index is 2.75. The van der Waals surface area contributed by atoms with Gasteiger partial charge in [0, 0.05) is 0 Å². The molecule has 0 spiro atoms. The van der Waals surface area contributed by atoms with Crippen molar-refractivity contribution in [2.75, 3.05) is 0 Å². The van der Waals surface area contributed by atoms with Gasteiger partial charge in [-0.05, 0) is 109 Å². The van der Waals surface area contributed by atoms with Crippen LogP contribution in [0.1, 0.15) is 126 Å². The molecule has 4 aliphatic rings. The van der Waals surface area contributed by atoms with Crippen molar-refractivity contribution in [1.82, 2.24) is 0 Å². The van der Waals surface area contributed by atoms with E-state index in [1.165, 1.54) is 44.9 Å². The van der Waals surface area contributed by atoms with Crippen molar-refractivity contribution in [1.29, 1.82) is 0 Å². The second-order valence-electron chi connectivity index (χ2n) is 13.5. The first-order valence-electron chi connectivity index (χ1n) is 13.7. The van der Waals surface area contributed by atoms with E-state index in [2.05, 4.69) is 48.5 Å². The Morgan fingerprint density at radius 1 is 0.793 bits per heavy atom. The van der Waals surface area contributed by atoms with Crippen LogP contribution < -0.4 is 0 Å². The van der Waals surface area contributed by atoms with E-state index in [9.17, 15) is 0 Å². The van der Waals surface area contributed by atoms with Crippen LogP contribution in [0.25, 0.3) is 0 Å². The molecule has 0 N–H and O–H groups in total. The molecule has 0 radical (unpaired) electrons. The fraction of sp³-hybridized carbons (Fsp3) is 1.00. The van der Waals surface area contributed by atoms with Crippen molar-refractivity contribution >= 4 is 0 Å². The van der Waals surface area contributed by atoms with Crippen LogP contribution in [-0.4, -0.2) is 0 Å². The zero-order valence-corrected chi connectivity index (χ0v) is 21.0. The predicted octanol–water partition coefficient (Wildman–Crippen LogP) is 9.13. The van der Waals surface area contributed by atoms with Gasteiger partial charge in [0.25, 0.3) is 0 Å². The highest BCUT2D eigenvalue weighted by molar-refractivity contribution is 5.11. The predicted molar refractivity (Wildman–Crippen MR) is 127 cm³/mol. The first kappa shape index (κ1) is 22.2. The number of unbranched alkanes of at least 4 members (excludes halogenated alkanes) is 2. The van der Waals surface area contributed by atoms with Gasteiger partial charge in [0.15, 0.2) is 0 Å². The molecule has 0 bridgehead atoms. The van der Waals surface area contributed by atoms with Gasteiger partial charge in [-0.2, -0.15) is 0 Å². The van der Waals surface area contributed by atoms with Crippen molar-refractivity contribution in [3.8, 4) is 0 Å². The molecule has 0 aromatic rings. The van der Waals surface area contributed by atoms with Crippen LogP contribution >= 0.6 is 0 Å². The summed E-state index contributed by atoms with van der Waals surface area (Å²) in [7, 11) is 0. The van der Waals surface area contributed by atoms with Gasteiger partial charge in [0.2, 0.25) is 0 Å². The Morgan fingerprint density at radius 2 is 1.48 bits per heavy atom. The lowest BCUT2D eigenvalue weighted by Crippen LogP contribution is -2.57. The number of hydrogen-bond donors (Lipinski definition) is 0. The molecule has 4 fully saturated rings. The number of fused-ring (bicyclic) bond motifs is 5. The van der Waals surface area contributed by atoms with Gasteiger partial charge in [-0.1, -0.05) is 74.1 Å². The average Bonchev–Trinajstić information content (AvgIpc) is 3.02. The van der Waals surface area contributed by atoms with E-state index in [1.54, 1.807) is 32.1 Å². The highest BCUT2D eigenvalue weighted by atomic mass is 14.7. The van der Waals surface area contributed by atoms with Crippen LogP contribution in [0.2, 0.25) is 0 Å². The van der Waals surface area contributed by atoms with Gasteiger partial charge in [0.1, 0.15) is 0 Å². The van der Waals surface area contributed by atoms with Crippen LogP contribution in [0, 0.1) is 57.7 Å². The number of hydrogen-bond acceptors (Lipinski definition) is 0. The third kappa shape index (κ3) is 3.36. The lowest BCUT2D eigenvalue weighted by Gasteiger charge is -2.65. The third-order valence-electron chi connectivity index (χ3n) is 12.2. The summed E-state index contributed by atoms with van der Waals surface area (Å²) in [5, 5.41) is 0. The highest BCUT2D eigenvalue weighted by Gasteiger charge is 2.62. The van der Waals surface area contributed by atoms with Gasteiger partial charge in [-0.15, -0.1) is 0 Å². The van der Waals surface area contributed by atoms with Crippen LogP contribution in [0.4, 0.5) is 0 Å². The minimum atomic E-state index is 0.546. The summed E-state index contributed by atoms with van der Waals surface area (Å²) in [6.45, 7) is 18.3. The maximum Gasteiger partial charge on any atom is -0.0261 e. The van der Waals surface area contributed by atoms with Gasteiger partial charge in [-0.25, -0.2) is 0 Å². The molecule has 4 aliphatic carbocycles.